The van der Waals surface area contributed by atoms with Crippen LogP contribution in [0.4, 0.5) is 0 Å². The van der Waals surface area contributed by atoms with Gasteiger partial charge in [-0.25, -0.2) is 0 Å². The summed E-state index contributed by atoms with van der Waals surface area (Å²) in [6.07, 6.45) is 4.11. The van der Waals surface area contributed by atoms with Crippen LogP contribution in [0, 0.1) is 6.92 Å². The van der Waals surface area contributed by atoms with E-state index in [9.17, 15) is 0 Å². The van der Waals surface area contributed by atoms with Gasteiger partial charge in [0.15, 0.2) is 0 Å². The van der Waals surface area contributed by atoms with Crippen LogP contribution in [0.1, 0.15) is 45.1 Å². The number of hydrogen-bond donors (Lipinski definition) is 0. The SMILES string of the molecule is [CH2]CCC(CCC)(OCC)c1ccccc1. The number of ether oxygens (including phenoxy) is 1. The molecule has 0 fully saturated rings. The molecule has 0 aliphatic heterocycles. The third kappa shape index (κ3) is 3.08. The Morgan fingerprint density at radius 1 is 1.12 bits per heavy atom. The van der Waals surface area contributed by atoms with Gasteiger partial charge in [0, 0.05) is 6.61 Å². The Bertz CT molecular complexity index is 262. The minimum Gasteiger partial charge on any atom is -0.371 e. The van der Waals surface area contributed by atoms with Gasteiger partial charge in [-0.2, -0.15) is 0 Å². The van der Waals surface area contributed by atoms with Crippen molar-refractivity contribution in [2.45, 2.75) is 45.1 Å². The van der Waals surface area contributed by atoms with Gasteiger partial charge in [0.1, 0.15) is 0 Å². The third-order valence-electron chi connectivity index (χ3n) is 2.95. The lowest BCUT2D eigenvalue weighted by Crippen LogP contribution is -2.29. The standard InChI is InChI=1S/C15H23O/c1-4-12-15(13-5-2,16-6-3)14-10-8-7-9-11-14/h7-11H,1,4-6,12-13H2,2-3H3. The van der Waals surface area contributed by atoms with Gasteiger partial charge in [0.2, 0.25) is 0 Å². The Balaban J connectivity index is 2.99. The van der Waals surface area contributed by atoms with Crippen molar-refractivity contribution >= 4 is 0 Å². The molecule has 1 nitrogen and oxygen atoms in total. The van der Waals surface area contributed by atoms with E-state index in [1.807, 2.05) is 0 Å². The summed E-state index contributed by atoms with van der Waals surface area (Å²) < 4.78 is 6.06. The molecule has 16 heavy (non-hydrogen) atoms. The third-order valence-corrected chi connectivity index (χ3v) is 2.95. The van der Waals surface area contributed by atoms with E-state index in [2.05, 4.69) is 51.1 Å². The second-order valence-corrected chi connectivity index (χ2v) is 4.15. The molecule has 0 saturated carbocycles. The minimum absolute atomic E-state index is 0.119. The van der Waals surface area contributed by atoms with Crippen LogP contribution in [0.15, 0.2) is 30.3 Å². The molecule has 1 rings (SSSR count). The Labute approximate surface area is 99.8 Å². The zero-order valence-electron chi connectivity index (χ0n) is 10.5. The van der Waals surface area contributed by atoms with Crippen LogP contribution in [-0.4, -0.2) is 6.61 Å². The summed E-state index contributed by atoms with van der Waals surface area (Å²) in [5.41, 5.74) is 1.18. The molecule has 0 spiro atoms. The molecule has 0 aromatic heterocycles. The highest BCUT2D eigenvalue weighted by Crippen LogP contribution is 2.35. The highest BCUT2D eigenvalue weighted by molar-refractivity contribution is 5.22. The summed E-state index contributed by atoms with van der Waals surface area (Å²) in [7, 11) is 0. The van der Waals surface area contributed by atoms with Crippen molar-refractivity contribution in [2.24, 2.45) is 0 Å². The van der Waals surface area contributed by atoms with Crippen LogP contribution in [0.5, 0.6) is 0 Å². The van der Waals surface area contributed by atoms with Crippen LogP contribution in [0.2, 0.25) is 0 Å². The summed E-state index contributed by atoms with van der Waals surface area (Å²) in [4.78, 5) is 0. The molecule has 1 aromatic carbocycles. The van der Waals surface area contributed by atoms with Gasteiger partial charge in [-0.05, 0) is 25.3 Å². The average Bonchev–Trinajstić information content (AvgIpc) is 2.31. The van der Waals surface area contributed by atoms with Crippen molar-refractivity contribution in [3.05, 3.63) is 42.8 Å². The molecular weight excluding hydrogens is 196 g/mol. The van der Waals surface area contributed by atoms with Crippen LogP contribution in [-0.2, 0) is 10.3 Å². The van der Waals surface area contributed by atoms with Gasteiger partial charge in [-0.1, -0.05) is 57.0 Å². The van der Waals surface area contributed by atoms with E-state index < -0.39 is 0 Å². The fourth-order valence-corrected chi connectivity index (χ4v) is 2.35. The van der Waals surface area contributed by atoms with Gasteiger partial charge in [-0.3, -0.25) is 0 Å². The summed E-state index contributed by atoms with van der Waals surface area (Å²) in [5, 5.41) is 0. The molecule has 0 bridgehead atoms. The second-order valence-electron chi connectivity index (χ2n) is 4.15. The van der Waals surface area contributed by atoms with Crippen LogP contribution in [0.25, 0.3) is 0 Å². The smallest absolute Gasteiger partial charge is 0.0931 e. The van der Waals surface area contributed by atoms with E-state index in [0.29, 0.717) is 0 Å². The van der Waals surface area contributed by atoms with Crippen molar-refractivity contribution in [3.8, 4) is 0 Å². The van der Waals surface area contributed by atoms with E-state index in [1.54, 1.807) is 0 Å². The zero-order chi connectivity index (χ0) is 11.9. The molecule has 0 aliphatic carbocycles. The quantitative estimate of drug-likeness (QED) is 0.663. The normalized spacial score (nSPS) is 11.7. The average molecular weight is 219 g/mol. The molecule has 0 saturated heterocycles. The predicted molar refractivity (Wildman–Crippen MR) is 69.2 cm³/mol. The van der Waals surface area contributed by atoms with Gasteiger partial charge in [0.05, 0.1) is 5.60 Å². The summed E-state index contributed by atoms with van der Waals surface area (Å²) in [6.45, 7) is 9.01. The first-order valence-electron chi connectivity index (χ1n) is 6.27. The van der Waals surface area contributed by atoms with E-state index >= 15 is 0 Å². The van der Waals surface area contributed by atoms with Gasteiger partial charge < -0.3 is 4.74 Å². The molecule has 0 heterocycles. The van der Waals surface area contributed by atoms with Crippen molar-refractivity contribution < 1.29 is 4.74 Å². The first-order valence-corrected chi connectivity index (χ1v) is 6.27. The van der Waals surface area contributed by atoms with Crippen molar-refractivity contribution in [1.82, 2.24) is 0 Å². The van der Waals surface area contributed by atoms with Crippen LogP contribution >= 0.6 is 0 Å². The first kappa shape index (κ1) is 13.2. The van der Waals surface area contributed by atoms with Crippen molar-refractivity contribution in [3.63, 3.8) is 0 Å². The monoisotopic (exact) mass is 219 g/mol. The topological polar surface area (TPSA) is 9.23 Å². The highest BCUT2D eigenvalue weighted by atomic mass is 16.5. The maximum Gasteiger partial charge on any atom is 0.0931 e. The van der Waals surface area contributed by atoms with Gasteiger partial charge in [-0.15, -0.1) is 0 Å². The number of rotatable bonds is 7. The van der Waals surface area contributed by atoms with E-state index in [-0.39, 0.29) is 5.60 Å². The first-order chi connectivity index (χ1) is 7.79. The lowest BCUT2D eigenvalue weighted by molar-refractivity contribution is -0.0573. The second kappa shape index (κ2) is 6.70. The van der Waals surface area contributed by atoms with Gasteiger partial charge in [0.25, 0.3) is 0 Å². The zero-order valence-corrected chi connectivity index (χ0v) is 10.5. The maximum atomic E-state index is 6.06. The van der Waals surface area contributed by atoms with E-state index in [0.717, 1.165) is 32.3 Å². The summed E-state index contributed by atoms with van der Waals surface area (Å²) >= 11 is 0. The Morgan fingerprint density at radius 2 is 1.81 bits per heavy atom. The Kier molecular flexibility index (Phi) is 5.54. The summed E-state index contributed by atoms with van der Waals surface area (Å²) in [5.74, 6) is 0. The van der Waals surface area contributed by atoms with E-state index in [1.165, 1.54) is 5.56 Å². The number of hydrogen-bond acceptors (Lipinski definition) is 1. The molecule has 0 aliphatic rings. The Morgan fingerprint density at radius 3 is 2.31 bits per heavy atom. The maximum absolute atomic E-state index is 6.06. The fraction of sp³-hybridized carbons (Fsp3) is 0.533. The molecule has 0 amide bonds. The minimum atomic E-state index is -0.119. The fourth-order valence-electron chi connectivity index (χ4n) is 2.35. The molecular formula is C15H23O. The van der Waals surface area contributed by atoms with Crippen molar-refractivity contribution in [1.29, 1.82) is 0 Å². The molecule has 1 heteroatoms. The number of benzene rings is 1. The molecule has 1 unspecified atom stereocenters. The summed E-state index contributed by atoms with van der Waals surface area (Å²) in [6, 6.07) is 10.6. The van der Waals surface area contributed by atoms with Gasteiger partial charge >= 0.3 is 0 Å². The Hall–Kier alpha value is -0.820. The lowest BCUT2D eigenvalue weighted by atomic mass is 9.85. The van der Waals surface area contributed by atoms with Crippen LogP contribution < -0.4 is 0 Å². The molecule has 89 valence electrons. The molecule has 1 radical (unpaired) electrons. The highest BCUT2D eigenvalue weighted by Gasteiger charge is 2.30. The van der Waals surface area contributed by atoms with E-state index in [4.69, 9.17) is 4.74 Å². The predicted octanol–water partition coefficient (Wildman–Crippen LogP) is 4.33. The largest absolute Gasteiger partial charge is 0.371 e. The molecule has 1 atom stereocenters. The lowest BCUT2D eigenvalue weighted by Gasteiger charge is -2.34. The van der Waals surface area contributed by atoms with Crippen LogP contribution in [0.3, 0.4) is 0 Å². The molecule has 0 N–H and O–H groups in total. The van der Waals surface area contributed by atoms with Crippen molar-refractivity contribution in [2.75, 3.05) is 6.61 Å². The molecule has 1 aromatic rings.